The summed E-state index contributed by atoms with van der Waals surface area (Å²) in [5, 5.41) is 16.1. The number of aromatic nitrogens is 4. The van der Waals surface area contributed by atoms with Crippen LogP contribution in [0.3, 0.4) is 0 Å². The van der Waals surface area contributed by atoms with E-state index in [1.165, 1.54) is 6.39 Å². The Bertz CT molecular complexity index is 964. The SMILES string of the molecule is CNc1nc(Nc2ccc(-c3cnco3)c(OC)c2)nc(N2CCCC(O)C2)n1. The molecule has 10 heteroatoms. The Balaban J connectivity index is 1.61. The molecule has 1 unspecified atom stereocenters. The number of anilines is 4. The minimum absolute atomic E-state index is 0.372. The number of oxazole rings is 1. The van der Waals surface area contributed by atoms with Crippen molar-refractivity contribution < 1.29 is 14.3 Å². The summed E-state index contributed by atoms with van der Waals surface area (Å²) in [6.07, 6.45) is 4.33. The van der Waals surface area contributed by atoms with Crippen LogP contribution in [0.5, 0.6) is 5.75 Å². The van der Waals surface area contributed by atoms with Crippen LogP contribution >= 0.6 is 0 Å². The molecule has 3 N–H and O–H groups in total. The first-order chi connectivity index (χ1) is 14.2. The van der Waals surface area contributed by atoms with Gasteiger partial charge in [0.05, 0.1) is 25.0 Å². The molecular weight excluding hydrogens is 374 g/mol. The van der Waals surface area contributed by atoms with Crippen molar-refractivity contribution in [2.75, 3.05) is 42.8 Å². The lowest BCUT2D eigenvalue weighted by Crippen LogP contribution is -2.39. The van der Waals surface area contributed by atoms with E-state index in [1.807, 2.05) is 23.1 Å². The van der Waals surface area contributed by atoms with Crippen molar-refractivity contribution in [3.8, 4) is 17.1 Å². The summed E-state index contributed by atoms with van der Waals surface area (Å²) in [5.74, 6) is 2.62. The zero-order valence-corrected chi connectivity index (χ0v) is 16.3. The summed E-state index contributed by atoms with van der Waals surface area (Å²) >= 11 is 0. The van der Waals surface area contributed by atoms with Gasteiger partial charge in [-0.1, -0.05) is 0 Å². The van der Waals surface area contributed by atoms with Gasteiger partial charge in [0.1, 0.15) is 5.75 Å². The molecule has 1 aromatic carbocycles. The number of piperidine rings is 1. The normalized spacial score (nSPS) is 16.5. The van der Waals surface area contributed by atoms with E-state index in [9.17, 15) is 5.11 Å². The van der Waals surface area contributed by atoms with E-state index < -0.39 is 0 Å². The summed E-state index contributed by atoms with van der Waals surface area (Å²) in [5.41, 5.74) is 1.55. The molecule has 29 heavy (non-hydrogen) atoms. The number of β-amino-alcohol motifs (C(OH)–C–C–N with tert-alkyl or cyclic N) is 1. The number of methoxy groups -OCH3 is 1. The first-order valence-corrected chi connectivity index (χ1v) is 9.37. The second-order valence-corrected chi connectivity index (χ2v) is 6.68. The molecule has 3 heterocycles. The predicted molar refractivity (Wildman–Crippen MR) is 109 cm³/mol. The molecule has 1 atom stereocenters. The van der Waals surface area contributed by atoms with Gasteiger partial charge in [0, 0.05) is 31.9 Å². The third-order valence-corrected chi connectivity index (χ3v) is 4.68. The van der Waals surface area contributed by atoms with Crippen molar-refractivity contribution in [1.82, 2.24) is 19.9 Å². The molecule has 3 aromatic rings. The smallest absolute Gasteiger partial charge is 0.233 e. The Hall–Kier alpha value is -3.40. The van der Waals surface area contributed by atoms with E-state index in [0.717, 1.165) is 30.6 Å². The van der Waals surface area contributed by atoms with Crippen LogP contribution in [0.15, 0.2) is 35.2 Å². The van der Waals surface area contributed by atoms with Crippen molar-refractivity contribution in [2.45, 2.75) is 18.9 Å². The maximum atomic E-state index is 9.96. The molecule has 0 amide bonds. The van der Waals surface area contributed by atoms with Gasteiger partial charge in [-0.3, -0.25) is 0 Å². The van der Waals surface area contributed by atoms with Crippen molar-refractivity contribution >= 4 is 23.5 Å². The molecule has 1 saturated heterocycles. The highest BCUT2D eigenvalue weighted by atomic mass is 16.5. The second kappa shape index (κ2) is 8.31. The van der Waals surface area contributed by atoms with Crippen molar-refractivity contribution in [3.05, 3.63) is 30.8 Å². The largest absolute Gasteiger partial charge is 0.496 e. The number of nitrogens with one attached hydrogen (secondary N) is 2. The molecule has 2 aromatic heterocycles. The summed E-state index contributed by atoms with van der Waals surface area (Å²) in [7, 11) is 3.35. The number of rotatable bonds is 6. The van der Waals surface area contributed by atoms with Gasteiger partial charge in [0.25, 0.3) is 0 Å². The monoisotopic (exact) mass is 397 g/mol. The fourth-order valence-corrected chi connectivity index (χ4v) is 3.26. The van der Waals surface area contributed by atoms with Crippen LogP contribution in [-0.4, -0.2) is 58.4 Å². The Morgan fingerprint density at radius 3 is 2.83 bits per heavy atom. The molecule has 1 aliphatic heterocycles. The molecule has 152 valence electrons. The minimum Gasteiger partial charge on any atom is -0.496 e. The molecule has 0 spiro atoms. The lowest BCUT2D eigenvalue weighted by molar-refractivity contribution is 0.153. The molecule has 1 aliphatic rings. The van der Waals surface area contributed by atoms with Gasteiger partial charge >= 0.3 is 0 Å². The third kappa shape index (κ3) is 4.21. The van der Waals surface area contributed by atoms with E-state index in [2.05, 4.69) is 30.6 Å². The zero-order valence-electron chi connectivity index (χ0n) is 16.3. The highest BCUT2D eigenvalue weighted by molar-refractivity contribution is 5.71. The number of aliphatic hydroxyl groups is 1. The van der Waals surface area contributed by atoms with E-state index >= 15 is 0 Å². The fraction of sp³-hybridized carbons (Fsp3) is 0.368. The molecule has 0 bridgehead atoms. The lowest BCUT2D eigenvalue weighted by Gasteiger charge is -2.30. The number of benzene rings is 1. The Morgan fingerprint density at radius 1 is 1.24 bits per heavy atom. The zero-order chi connectivity index (χ0) is 20.2. The lowest BCUT2D eigenvalue weighted by atomic mass is 10.1. The van der Waals surface area contributed by atoms with Gasteiger partial charge in [0.2, 0.25) is 17.8 Å². The van der Waals surface area contributed by atoms with Gasteiger partial charge < -0.3 is 29.8 Å². The van der Waals surface area contributed by atoms with Gasteiger partial charge in [-0.05, 0) is 25.0 Å². The third-order valence-electron chi connectivity index (χ3n) is 4.68. The van der Waals surface area contributed by atoms with Crippen molar-refractivity contribution in [3.63, 3.8) is 0 Å². The molecule has 10 nitrogen and oxygen atoms in total. The number of aliphatic hydroxyl groups excluding tert-OH is 1. The summed E-state index contributed by atoms with van der Waals surface area (Å²) in [6.45, 7) is 1.30. The summed E-state index contributed by atoms with van der Waals surface area (Å²) < 4.78 is 10.9. The predicted octanol–water partition coefficient (Wildman–Crippen LogP) is 2.28. The standard InChI is InChI=1S/C19H23N7O3/c1-20-17-23-18(25-19(24-17)26-7-3-4-13(27)10-26)22-12-5-6-14(15(8-12)28-2)16-9-21-11-29-16/h5-6,8-9,11,13,27H,3-4,7,10H2,1-2H3,(H2,20,22,23,24,25). The molecular formula is C19H23N7O3. The quantitative estimate of drug-likeness (QED) is 0.571. The highest BCUT2D eigenvalue weighted by Gasteiger charge is 2.21. The molecule has 1 fully saturated rings. The van der Waals surface area contributed by atoms with Gasteiger partial charge in [0.15, 0.2) is 12.2 Å². The average Bonchev–Trinajstić information content (AvgIpc) is 3.28. The van der Waals surface area contributed by atoms with Crippen LogP contribution in [0.4, 0.5) is 23.5 Å². The average molecular weight is 397 g/mol. The fourth-order valence-electron chi connectivity index (χ4n) is 3.26. The number of hydrogen-bond acceptors (Lipinski definition) is 10. The summed E-state index contributed by atoms with van der Waals surface area (Å²) in [6, 6.07) is 5.60. The highest BCUT2D eigenvalue weighted by Crippen LogP contribution is 2.33. The number of hydrogen-bond donors (Lipinski definition) is 3. The first-order valence-electron chi connectivity index (χ1n) is 9.37. The van der Waals surface area contributed by atoms with Crippen molar-refractivity contribution in [2.24, 2.45) is 0 Å². The van der Waals surface area contributed by atoms with Crippen LogP contribution in [0, 0.1) is 0 Å². The topological polar surface area (TPSA) is 121 Å². The van der Waals surface area contributed by atoms with Crippen LogP contribution in [-0.2, 0) is 0 Å². The van der Waals surface area contributed by atoms with E-state index in [4.69, 9.17) is 9.15 Å². The van der Waals surface area contributed by atoms with Gasteiger partial charge in [-0.15, -0.1) is 0 Å². The minimum atomic E-state index is -0.372. The summed E-state index contributed by atoms with van der Waals surface area (Å²) in [4.78, 5) is 19.3. The molecule has 0 aliphatic carbocycles. The van der Waals surface area contributed by atoms with Crippen molar-refractivity contribution in [1.29, 1.82) is 0 Å². The second-order valence-electron chi connectivity index (χ2n) is 6.68. The Kier molecular flexibility index (Phi) is 5.43. The van der Waals surface area contributed by atoms with Crippen LogP contribution in [0.1, 0.15) is 12.8 Å². The van der Waals surface area contributed by atoms with Crippen LogP contribution in [0.2, 0.25) is 0 Å². The maximum Gasteiger partial charge on any atom is 0.233 e. The van der Waals surface area contributed by atoms with Gasteiger partial charge in [-0.25, -0.2) is 4.98 Å². The van der Waals surface area contributed by atoms with Gasteiger partial charge in [-0.2, -0.15) is 15.0 Å². The first kappa shape index (κ1) is 18.9. The van der Waals surface area contributed by atoms with E-state index in [1.54, 1.807) is 20.4 Å². The van der Waals surface area contributed by atoms with Crippen LogP contribution < -0.4 is 20.3 Å². The molecule has 0 radical (unpaired) electrons. The molecule has 4 rings (SSSR count). The van der Waals surface area contributed by atoms with Crippen LogP contribution in [0.25, 0.3) is 11.3 Å². The number of nitrogens with zero attached hydrogens (tertiary/aromatic N) is 5. The molecule has 0 saturated carbocycles. The number of ether oxygens (including phenoxy) is 1. The van der Waals surface area contributed by atoms with E-state index in [-0.39, 0.29) is 6.10 Å². The van der Waals surface area contributed by atoms with E-state index in [0.29, 0.717) is 35.9 Å². The Labute approximate surface area is 168 Å². The Morgan fingerprint density at radius 2 is 2.10 bits per heavy atom. The maximum absolute atomic E-state index is 9.96.